The smallest absolute Gasteiger partial charge is 0.126 e. The summed E-state index contributed by atoms with van der Waals surface area (Å²) in [5.74, 6) is -1.15. The number of nitrogen functional groups attached to an aromatic ring is 1. The van der Waals surface area contributed by atoms with Gasteiger partial charge in [0.1, 0.15) is 11.6 Å². The molecule has 2 rings (SSSR count). The average Bonchev–Trinajstić information content (AvgIpc) is 2.41. The molecular weight excluding hydrogens is 272 g/mol. The first-order chi connectivity index (χ1) is 10.1. The summed E-state index contributed by atoms with van der Waals surface area (Å²) in [6.07, 6.45) is 0.739. The van der Waals surface area contributed by atoms with Gasteiger partial charge in [-0.3, -0.25) is 0 Å². The molecule has 0 aliphatic heterocycles. The van der Waals surface area contributed by atoms with Crippen LogP contribution in [-0.2, 0) is 12.8 Å². The van der Waals surface area contributed by atoms with Gasteiger partial charge in [0.05, 0.1) is 12.5 Å². The molecule has 0 heterocycles. The fourth-order valence-corrected chi connectivity index (χ4v) is 2.06. The van der Waals surface area contributed by atoms with Crippen LogP contribution in [0, 0.1) is 23.0 Å². The number of hydrogen-bond acceptors (Lipinski definition) is 3. The van der Waals surface area contributed by atoms with Crippen molar-refractivity contribution in [1.29, 1.82) is 5.26 Å². The van der Waals surface area contributed by atoms with E-state index in [0.29, 0.717) is 24.2 Å². The Labute approximate surface area is 122 Å². The molecule has 0 bridgehead atoms. The van der Waals surface area contributed by atoms with Crippen LogP contribution in [0.15, 0.2) is 36.4 Å². The second kappa shape index (κ2) is 6.71. The van der Waals surface area contributed by atoms with Crippen molar-refractivity contribution in [2.24, 2.45) is 0 Å². The van der Waals surface area contributed by atoms with Crippen LogP contribution in [0.25, 0.3) is 0 Å². The van der Waals surface area contributed by atoms with Crippen LogP contribution >= 0.6 is 0 Å². The van der Waals surface area contributed by atoms with E-state index in [-0.39, 0.29) is 6.42 Å². The van der Waals surface area contributed by atoms with E-state index in [9.17, 15) is 8.78 Å². The number of nitrogens with two attached hydrogens (primary N) is 1. The highest BCUT2D eigenvalue weighted by Gasteiger charge is 2.03. The Morgan fingerprint density at radius 3 is 2.48 bits per heavy atom. The van der Waals surface area contributed by atoms with E-state index in [1.807, 2.05) is 12.1 Å². The van der Waals surface area contributed by atoms with Crippen LogP contribution < -0.4 is 11.1 Å². The summed E-state index contributed by atoms with van der Waals surface area (Å²) in [5, 5.41) is 11.9. The third-order valence-corrected chi connectivity index (χ3v) is 3.08. The van der Waals surface area contributed by atoms with Crippen molar-refractivity contribution >= 4 is 11.4 Å². The fraction of sp³-hybridized carbons (Fsp3) is 0.188. The number of benzene rings is 2. The molecule has 0 fully saturated rings. The number of nitriles is 1. The monoisotopic (exact) mass is 287 g/mol. The van der Waals surface area contributed by atoms with Gasteiger partial charge >= 0.3 is 0 Å². The van der Waals surface area contributed by atoms with Crippen LogP contribution in [0.2, 0.25) is 0 Å². The summed E-state index contributed by atoms with van der Waals surface area (Å²) in [4.78, 5) is 0. The summed E-state index contributed by atoms with van der Waals surface area (Å²) in [6, 6.07) is 10.9. The lowest BCUT2D eigenvalue weighted by Crippen LogP contribution is -2.06. The molecular formula is C16H15F2N3. The fourth-order valence-electron chi connectivity index (χ4n) is 2.06. The SMILES string of the molecule is N#CCc1cc(NCCc2cc(F)cc(F)c2)ccc1N. The Bertz CT molecular complexity index is 657. The molecule has 3 N–H and O–H groups in total. The van der Waals surface area contributed by atoms with Crippen LogP contribution in [0.5, 0.6) is 0 Å². The minimum Gasteiger partial charge on any atom is -0.398 e. The van der Waals surface area contributed by atoms with Crippen molar-refractivity contribution in [3.8, 4) is 6.07 Å². The summed E-state index contributed by atoms with van der Waals surface area (Å²) >= 11 is 0. The highest BCUT2D eigenvalue weighted by atomic mass is 19.1. The van der Waals surface area contributed by atoms with Crippen LogP contribution in [0.4, 0.5) is 20.2 Å². The van der Waals surface area contributed by atoms with Crippen molar-refractivity contribution in [3.05, 3.63) is 59.2 Å². The highest BCUT2D eigenvalue weighted by molar-refractivity contribution is 5.58. The Hall–Kier alpha value is -2.61. The van der Waals surface area contributed by atoms with E-state index < -0.39 is 11.6 Å². The molecule has 0 unspecified atom stereocenters. The minimum atomic E-state index is -0.575. The molecule has 3 nitrogen and oxygen atoms in total. The zero-order valence-corrected chi connectivity index (χ0v) is 11.4. The molecule has 5 heteroatoms. The molecule has 0 aromatic heterocycles. The van der Waals surface area contributed by atoms with E-state index in [2.05, 4.69) is 11.4 Å². The van der Waals surface area contributed by atoms with E-state index in [1.54, 1.807) is 6.07 Å². The van der Waals surface area contributed by atoms with Crippen molar-refractivity contribution in [3.63, 3.8) is 0 Å². The predicted octanol–water partition coefficient (Wildman–Crippen LogP) is 3.27. The molecule has 0 spiro atoms. The molecule has 2 aromatic rings. The summed E-state index contributed by atoms with van der Waals surface area (Å²) in [6.45, 7) is 0.527. The quantitative estimate of drug-likeness (QED) is 0.830. The zero-order chi connectivity index (χ0) is 15.2. The molecule has 0 atom stereocenters. The molecule has 2 aromatic carbocycles. The first-order valence-corrected chi connectivity index (χ1v) is 6.52. The Balaban J connectivity index is 1.97. The summed E-state index contributed by atoms with van der Waals surface area (Å²) in [5.41, 5.74) is 8.52. The second-order valence-corrected chi connectivity index (χ2v) is 4.70. The van der Waals surface area contributed by atoms with Gasteiger partial charge in [0.15, 0.2) is 0 Å². The van der Waals surface area contributed by atoms with Gasteiger partial charge in [0.25, 0.3) is 0 Å². The van der Waals surface area contributed by atoms with E-state index >= 15 is 0 Å². The maximum Gasteiger partial charge on any atom is 0.126 e. The highest BCUT2D eigenvalue weighted by Crippen LogP contribution is 2.18. The van der Waals surface area contributed by atoms with Gasteiger partial charge in [0, 0.05) is 24.0 Å². The zero-order valence-electron chi connectivity index (χ0n) is 11.4. The Morgan fingerprint density at radius 2 is 1.81 bits per heavy atom. The Morgan fingerprint density at radius 1 is 1.10 bits per heavy atom. The number of hydrogen-bond donors (Lipinski definition) is 2. The van der Waals surface area contributed by atoms with Gasteiger partial charge in [-0.25, -0.2) is 8.78 Å². The van der Waals surface area contributed by atoms with Gasteiger partial charge in [-0.2, -0.15) is 5.26 Å². The topological polar surface area (TPSA) is 61.8 Å². The van der Waals surface area contributed by atoms with Crippen LogP contribution in [0.1, 0.15) is 11.1 Å². The number of halogens is 2. The number of anilines is 2. The van der Waals surface area contributed by atoms with Crippen molar-refractivity contribution in [1.82, 2.24) is 0 Å². The van der Waals surface area contributed by atoms with Crippen LogP contribution in [-0.4, -0.2) is 6.54 Å². The molecule has 0 amide bonds. The van der Waals surface area contributed by atoms with Gasteiger partial charge in [-0.1, -0.05) is 0 Å². The maximum absolute atomic E-state index is 13.1. The standard InChI is InChI=1S/C16H15F2N3/c17-13-7-11(8-14(18)10-13)4-6-21-15-1-2-16(20)12(9-15)3-5-19/h1-2,7-10,21H,3-4,6,20H2. The second-order valence-electron chi connectivity index (χ2n) is 4.70. The third-order valence-electron chi connectivity index (χ3n) is 3.08. The lowest BCUT2D eigenvalue weighted by Gasteiger charge is -2.09. The normalized spacial score (nSPS) is 10.1. The summed E-state index contributed by atoms with van der Waals surface area (Å²) in [7, 11) is 0. The van der Waals surface area contributed by atoms with E-state index in [1.165, 1.54) is 12.1 Å². The van der Waals surface area contributed by atoms with Crippen molar-refractivity contribution in [2.45, 2.75) is 12.8 Å². The summed E-state index contributed by atoms with van der Waals surface area (Å²) < 4.78 is 26.1. The first kappa shape index (κ1) is 14.8. The molecule has 0 saturated heterocycles. The van der Waals surface area contributed by atoms with Crippen LogP contribution in [0.3, 0.4) is 0 Å². The van der Waals surface area contributed by atoms with E-state index in [4.69, 9.17) is 11.0 Å². The molecule has 108 valence electrons. The Kier molecular flexibility index (Phi) is 4.72. The van der Waals surface area contributed by atoms with E-state index in [0.717, 1.165) is 17.3 Å². The maximum atomic E-state index is 13.1. The van der Waals surface area contributed by atoms with Gasteiger partial charge in [-0.15, -0.1) is 0 Å². The van der Waals surface area contributed by atoms with Crippen molar-refractivity contribution in [2.75, 3.05) is 17.6 Å². The van der Waals surface area contributed by atoms with Gasteiger partial charge in [0.2, 0.25) is 0 Å². The molecule has 0 saturated carbocycles. The number of nitrogens with zero attached hydrogens (tertiary/aromatic N) is 1. The lowest BCUT2D eigenvalue weighted by atomic mass is 10.1. The molecule has 0 radical (unpaired) electrons. The van der Waals surface area contributed by atoms with Crippen molar-refractivity contribution < 1.29 is 8.78 Å². The third kappa shape index (κ3) is 4.18. The van der Waals surface area contributed by atoms with Gasteiger partial charge in [-0.05, 0) is 47.9 Å². The molecule has 0 aliphatic carbocycles. The molecule has 21 heavy (non-hydrogen) atoms. The van der Waals surface area contributed by atoms with Gasteiger partial charge < -0.3 is 11.1 Å². The minimum absolute atomic E-state index is 0.246. The number of nitrogens with one attached hydrogen (secondary N) is 1. The predicted molar refractivity (Wildman–Crippen MR) is 78.7 cm³/mol. The lowest BCUT2D eigenvalue weighted by molar-refractivity contribution is 0.580. The average molecular weight is 287 g/mol. The number of rotatable bonds is 5. The molecule has 0 aliphatic rings. The first-order valence-electron chi connectivity index (χ1n) is 6.52. The largest absolute Gasteiger partial charge is 0.398 e.